The van der Waals surface area contributed by atoms with Gasteiger partial charge in [-0.25, -0.2) is 8.42 Å². The van der Waals surface area contributed by atoms with E-state index in [0.29, 0.717) is 25.6 Å². The number of morpholine rings is 1. The van der Waals surface area contributed by atoms with Crippen molar-refractivity contribution in [1.29, 1.82) is 0 Å². The Bertz CT molecular complexity index is 765. The van der Waals surface area contributed by atoms with Crippen molar-refractivity contribution < 1.29 is 17.9 Å². The lowest BCUT2D eigenvalue weighted by Gasteiger charge is -2.37. The first-order chi connectivity index (χ1) is 14.4. The average molecular weight is 438 g/mol. The van der Waals surface area contributed by atoms with Crippen molar-refractivity contribution in [3.05, 3.63) is 35.9 Å². The maximum Gasteiger partial charge on any atom is 0.242 e. The third-order valence-electron chi connectivity index (χ3n) is 5.93. The number of hydrogen-bond acceptors (Lipinski definition) is 6. The number of ether oxygens (including phenoxy) is 1. The normalized spacial score (nSPS) is 22.5. The number of benzene rings is 1. The molecule has 168 valence electrons. The number of sulfone groups is 1. The van der Waals surface area contributed by atoms with Gasteiger partial charge in [0.1, 0.15) is 6.04 Å². The fourth-order valence-electron chi connectivity index (χ4n) is 4.31. The molecule has 2 aliphatic rings. The number of rotatable bonds is 8. The summed E-state index contributed by atoms with van der Waals surface area (Å²) < 4.78 is 29.2. The highest BCUT2D eigenvalue weighted by molar-refractivity contribution is 7.91. The van der Waals surface area contributed by atoms with Crippen molar-refractivity contribution in [3.63, 3.8) is 0 Å². The average Bonchev–Trinajstić information content (AvgIpc) is 2.73. The van der Waals surface area contributed by atoms with Gasteiger partial charge in [-0.2, -0.15) is 0 Å². The van der Waals surface area contributed by atoms with Gasteiger partial charge in [0.2, 0.25) is 5.91 Å². The minimum atomic E-state index is -3.00. The number of nitrogens with zero attached hydrogens (tertiary/aromatic N) is 2. The second-order valence-corrected chi connectivity index (χ2v) is 11.0. The topological polar surface area (TPSA) is 79.0 Å². The highest BCUT2D eigenvalue weighted by atomic mass is 32.2. The second kappa shape index (κ2) is 10.7. The van der Waals surface area contributed by atoms with Crippen LogP contribution in [-0.2, 0) is 19.4 Å². The van der Waals surface area contributed by atoms with E-state index >= 15 is 0 Å². The van der Waals surface area contributed by atoms with Crippen LogP contribution in [0.15, 0.2) is 30.3 Å². The summed E-state index contributed by atoms with van der Waals surface area (Å²) >= 11 is 0. The molecule has 0 aromatic heterocycles. The van der Waals surface area contributed by atoms with Crippen LogP contribution in [0.2, 0.25) is 0 Å². The van der Waals surface area contributed by atoms with Crippen molar-refractivity contribution in [2.75, 3.05) is 57.4 Å². The molecule has 2 aliphatic heterocycles. The summed E-state index contributed by atoms with van der Waals surface area (Å²) in [5.74, 6) is 0.690. The Kier molecular flexibility index (Phi) is 8.27. The van der Waals surface area contributed by atoms with E-state index in [-0.39, 0.29) is 23.5 Å². The highest BCUT2D eigenvalue weighted by Crippen LogP contribution is 2.23. The number of amides is 1. The van der Waals surface area contributed by atoms with Gasteiger partial charge in [0.25, 0.3) is 0 Å². The van der Waals surface area contributed by atoms with Crippen LogP contribution in [0.5, 0.6) is 0 Å². The molecule has 0 bridgehead atoms. The highest BCUT2D eigenvalue weighted by Gasteiger charge is 2.33. The lowest BCUT2D eigenvalue weighted by Crippen LogP contribution is -2.52. The van der Waals surface area contributed by atoms with Crippen LogP contribution in [0.25, 0.3) is 0 Å². The molecule has 0 aliphatic carbocycles. The maximum absolute atomic E-state index is 13.3. The Morgan fingerprint density at radius 2 is 1.67 bits per heavy atom. The Morgan fingerprint density at radius 3 is 2.27 bits per heavy atom. The van der Waals surface area contributed by atoms with E-state index < -0.39 is 15.9 Å². The van der Waals surface area contributed by atoms with Gasteiger partial charge < -0.3 is 10.1 Å². The van der Waals surface area contributed by atoms with E-state index in [1.54, 1.807) is 0 Å². The van der Waals surface area contributed by atoms with E-state index in [4.69, 9.17) is 4.74 Å². The van der Waals surface area contributed by atoms with Gasteiger partial charge in [-0.15, -0.1) is 0 Å². The molecule has 2 heterocycles. The van der Waals surface area contributed by atoms with E-state index in [9.17, 15) is 13.2 Å². The first-order valence-corrected chi connectivity index (χ1v) is 12.8. The van der Waals surface area contributed by atoms with Gasteiger partial charge in [0.15, 0.2) is 9.84 Å². The fourth-order valence-corrected chi connectivity index (χ4v) is 5.54. The van der Waals surface area contributed by atoms with Gasteiger partial charge in [0, 0.05) is 38.8 Å². The minimum Gasteiger partial charge on any atom is -0.379 e. The molecule has 30 heavy (non-hydrogen) atoms. The van der Waals surface area contributed by atoms with Crippen molar-refractivity contribution in [2.24, 2.45) is 5.92 Å². The zero-order valence-corrected chi connectivity index (χ0v) is 18.9. The molecular formula is C22H35N3O4S. The molecule has 3 rings (SSSR count). The standard InChI is InChI=1S/C22H35N3O4S/c1-18(2)16-20(24-8-12-29-13-9-24)17-23-22(26)21(19-6-4-3-5-7-19)25-10-14-30(27,28)15-11-25/h3-7,18,20-21H,8-17H2,1-2H3,(H,23,26). The Hall–Kier alpha value is -1.48. The minimum absolute atomic E-state index is 0.0532. The molecule has 1 amide bonds. The predicted octanol–water partition coefficient (Wildman–Crippen LogP) is 1.32. The lowest BCUT2D eigenvalue weighted by molar-refractivity contribution is -0.127. The SMILES string of the molecule is CC(C)CC(CNC(=O)C(c1ccccc1)N1CCS(=O)(=O)CC1)N1CCOCC1. The lowest BCUT2D eigenvalue weighted by atomic mass is 10.0. The van der Waals surface area contributed by atoms with Gasteiger partial charge in [-0.3, -0.25) is 14.6 Å². The number of hydrogen-bond donors (Lipinski definition) is 1. The number of nitrogens with one attached hydrogen (secondary N) is 1. The second-order valence-electron chi connectivity index (χ2n) is 8.68. The maximum atomic E-state index is 13.3. The molecule has 1 aromatic carbocycles. The summed E-state index contributed by atoms with van der Waals surface area (Å²) in [4.78, 5) is 17.7. The Balaban J connectivity index is 1.70. The van der Waals surface area contributed by atoms with Gasteiger partial charge in [-0.1, -0.05) is 44.2 Å². The van der Waals surface area contributed by atoms with E-state index in [1.807, 2.05) is 35.2 Å². The summed E-state index contributed by atoms with van der Waals surface area (Å²) in [6.07, 6.45) is 1.01. The van der Waals surface area contributed by atoms with E-state index in [0.717, 1.165) is 38.3 Å². The molecule has 8 heteroatoms. The molecule has 7 nitrogen and oxygen atoms in total. The summed E-state index contributed by atoms with van der Waals surface area (Å²) in [7, 11) is -3.00. The zero-order valence-electron chi connectivity index (χ0n) is 18.1. The van der Waals surface area contributed by atoms with Crippen molar-refractivity contribution in [3.8, 4) is 0 Å². The van der Waals surface area contributed by atoms with Crippen molar-refractivity contribution in [2.45, 2.75) is 32.4 Å². The molecule has 1 aromatic rings. The smallest absolute Gasteiger partial charge is 0.242 e. The Morgan fingerprint density at radius 1 is 1.03 bits per heavy atom. The quantitative estimate of drug-likeness (QED) is 0.661. The molecule has 2 fully saturated rings. The van der Waals surface area contributed by atoms with E-state index in [1.165, 1.54) is 0 Å². The summed E-state index contributed by atoms with van der Waals surface area (Å²) in [6, 6.07) is 9.47. The molecule has 2 saturated heterocycles. The first-order valence-electron chi connectivity index (χ1n) is 10.9. The zero-order chi connectivity index (χ0) is 21.6. The number of carbonyl (C=O) groups is 1. The largest absolute Gasteiger partial charge is 0.379 e. The molecule has 0 radical (unpaired) electrons. The molecule has 2 unspecified atom stereocenters. The van der Waals surface area contributed by atoms with Crippen LogP contribution < -0.4 is 5.32 Å². The van der Waals surface area contributed by atoms with Crippen LogP contribution in [-0.4, -0.2) is 87.6 Å². The molecule has 1 N–H and O–H groups in total. The third-order valence-corrected chi connectivity index (χ3v) is 7.53. The van der Waals surface area contributed by atoms with Crippen LogP contribution in [0.3, 0.4) is 0 Å². The summed E-state index contributed by atoms with van der Waals surface area (Å²) in [5, 5.41) is 3.19. The van der Waals surface area contributed by atoms with Crippen molar-refractivity contribution >= 4 is 15.7 Å². The van der Waals surface area contributed by atoms with Gasteiger partial charge in [-0.05, 0) is 17.9 Å². The molecule has 0 saturated carbocycles. The summed E-state index contributed by atoms with van der Waals surface area (Å²) in [6.45, 7) is 9.01. The van der Waals surface area contributed by atoms with Crippen LogP contribution >= 0.6 is 0 Å². The Labute approximate surface area is 180 Å². The monoisotopic (exact) mass is 437 g/mol. The predicted molar refractivity (Wildman–Crippen MR) is 118 cm³/mol. The van der Waals surface area contributed by atoms with Crippen molar-refractivity contribution in [1.82, 2.24) is 15.1 Å². The third kappa shape index (κ3) is 6.51. The number of carbonyl (C=O) groups excluding carboxylic acids is 1. The van der Waals surface area contributed by atoms with E-state index in [2.05, 4.69) is 24.1 Å². The molecule has 0 spiro atoms. The van der Waals surface area contributed by atoms with Crippen LogP contribution in [0.4, 0.5) is 0 Å². The molecule has 2 atom stereocenters. The van der Waals surface area contributed by atoms with Gasteiger partial charge >= 0.3 is 0 Å². The van der Waals surface area contributed by atoms with Gasteiger partial charge in [0.05, 0.1) is 24.7 Å². The van der Waals surface area contributed by atoms with Crippen LogP contribution in [0.1, 0.15) is 31.9 Å². The summed E-state index contributed by atoms with van der Waals surface area (Å²) in [5.41, 5.74) is 0.904. The fraction of sp³-hybridized carbons (Fsp3) is 0.682. The first kappa shape index (κ1) is 23.2. The van der Waals surface area contributed by atoms with Crippen LogP contribution in [0, 0.1) is 5.92 Å². The molecular weight excluding hydrogens is 402 g/mol.